The Bertz CT molecular complexity index is 1370. The van der Waals surface area contributed by atoms with Crippen molar-refractivity contribution < 1.29 is 18.0 Å². The third-order valence-electron chi connectivity index (χ3n) is 4.75. The first-order valence-electron chi connectivity index (χ1n) is 9.67. The Morgan fingerprint density at radius 3 is 2.61 bits per heavy atom. The van der Waals surface area contributed by atoms with Gasteiger partial charge in [0.05, 0.1) is 23.0 Å². The second-order valence-corrected chi connectivity index (χ2v) is 7.12. The highest BCUT2D eigenvalue weighted by atomic mass is 19.4. The minimum atomic E-state index is -4.55. The van der Waals surface area contributed by atoms with E-state index in [1.807, 2.05) is 18.2 Å². The van der Waals surface area contributed by atoms with Gasteiger partial charge in [0.1, 0.15) is 11.7 Å². The molecule has 3 aromatic heterocycles. The summed E-state index contributed by atoms with van der Waals surface area (Å²) in [7, 11) is 0. The number of hydrogen-bond acceptors (Lipinski definition) is 6. The van der Waals surface area contributed by atoms with Crippen LogP contribution in [0.15, 0.2) is 48.9 Å². The lowest BCUT2D eigenvalue weighted by Crippen LogP contribution is -2.07. The largest absolute Gasteiger partial charge is 0.417 e. The Hall–Kier alpha value is -4.46. The van der Waals surface area contributed by atoms with E-state index in [0.717, 1.165) is 17.8 Å². The second-order valence-electron chi connectivity index (χ2n) is 7.12. The monoisotopic (exact) mass is 451 g/mol. The molecule has 8 nitrogen and oxygen atoms in total. The number of alkyl halides is 3. The Labute approximate surface area is 185 Å². The van der Waals surface area contributed by atoms with Crippen LogP contribution in [-0.2, 0) is 17.5 Å². The third-order valence-corrected chi connectivity index (χ3v) is 4.75. The number of nitrogens with zero attached hydrogens (tertiary/aromatic N) is 4. The minimum Gasteiger partial charge on any atom is -0.350 e. The number of carbonyl (C=O) groups is 1. The number of fused-ring (bicyclic) bond motifs is 1. The summed E-state index contributed by atoms with van der Waals surface area (Å²) in [5.41, 5.74) is 1.49. The van der Waals surface area contributed by atoms with Crippen molar-refractivity contribution in [2.45, 2.75) is 19.6 Å². The number of aromatic nitrogens is 4. The van der Waals surface area contributed by atoms with Gasteiger partial charge in [-0.15, -0.1) is 0 Å². The average molecular weight is 451 g/mol. The van der Waals surface area contributed by atoms with Crippen molar-refractivity contribution in [1.29, 1.82) is 5.26 Å². The molecule has 0 saturated heterocycles. The zero-order valence-corrected chi connectivity index (χ0v) is 17.2. The standard InChI is InChI=1S/C22H16F3N7O/c1-12(33)31-16-4-2-13(3-5-16)8-29-21-30-9-14(7-26)19(32-21)18-11-28-20-17(18)6-15(10-27-20)22(23,24)25/h2-6,9-11H,8H2,1H3,(H,27,28)(H,31,33)(H,29,30,32). The van der Waals surface area contributed by atoms with Crippen molar-refractivity contribution in [3.63, 3.8) is 0 Å². The van der Waals surface area contributed by atoms with E-state index in [2.05, 4.69) is 30.6 Å². The van der Waals surface area contributed by atoms with E-state index < -0.39 is 11.7 Å². The Morgan fingerprint density at radius 2 is 1.94 bits per heavy atom. The van der Waals surface area contributed by atoms with Crippen LogP contribution >= 0.6 is 0 Å². The number of nitrogens with one attached hydrogen (secondary N) is 3. The van der Waals surface area contributed by atoms with Gasteiger partial charge in [-0.25, -0.2) is 15.0 Å². The minimum absolute atomic E-state index is 0.110. The molecule has 0 unspecified atom stereocenters. The molecule has 0 radical (unpaired) electrons. The molecule has 1 aromatic carbocycles. The highest BCUT2D eigenvalue weighted by Gasteiger charge is 2.31. The smallest absolute Gasteiger partial charge is 0.350 e. The fourth-order valence-electron chi connectivity index (χ4n) is 3.20. The van der Waals surface area contributed by atoms with Gasteiger partial charge < -0.3 is 15.6 Å². The number of aromatic amines is 1. The predicted octanol–water partition coefficient (Wildman–Crippen LogP) is 4.48. The highest BCUT2D eigenvalue weighted by molar-refractivity contribution is 5.94. The van der Waals surface area contributed by atoms with Gasteiger partial charge in [-0.1, -0.05) is 12.1 Å². The van der Waals surface area contributed by atoms with Crippen molar-refractivity contribution in [1.82, 2.24) is 19.9 Å². The lowest BCUT2D eigenvalue weighted by atomic mass is 10.1. The van der Waals surface area contributed by atoms with Crippen LogP contribution < -0.4 is 10.6 Å². The van der Waals surface area contributed by atoms with E-state index in [4.69, 9.17) is 0 Å². The van der Waals surface area contributed by atoms with Crippen LogP contribution in [0.5, 0.6) is 0 Å². The zero-order valence-electron chi connectivity index (χ0n) is 17.2. The van der Waals surface area contributed by atoms with Gasteiger partial charge in [0.15, 0.2) is 0 Å². The van der Waals surface area contributed by atoms with Gasteiger partial charge in [0, 0.05) is 42.5 Å². The highest BCUT2D eigenvalue weighted by Crippen LogP contribution is 2.34. The summed E-state index contributed by atoms with van der Waals surface area (Å²) in [4.78, 5) is 26.2. The molecule has 4 aromatic rings. The summed E-state index contributed by atoms with van der Waals surface area (Å²) in [5.74, 6) is 0.0263. The van der Waals surface area contributed by atoms with E-state index in [0.29, 0.717) is 17.8 Å². The van der Waals surface area contributed by atoms with Crippen molar-refractivity contribution >= 4 is 28.6 Å². The summed E-state index contributed by atoms with van der Waals surface area (Å²) in [5, 5.41) is 15.4. The molecule has 0 aliphatic rings. The normalized spacial score (nSPS) is 11.2. The van der Waals surface area contributed by atoms with Crippen molar-refractivity contribution in [2.24, 2.45) is 0 Å². The number of benzene rings is 1. The number of nitriles is 1. The van der Waals surface area contributed by atoms with Gasteiger partial charge in [0.2, 0.25) is 11.9 Å². The Kier molecular flexibility index (Phi) is 5.66. The molecule has 0 atom stereocenters. The molecule has 0 fully saturated rings. The second kappa shape index (κ2) is 8.58. The lowest BCUT2D eigenvalue weighted by Gasteiger charge is -2.09. The molecular formula is C22H16F3N7O. The summed E-state index contributed by atoms with van der Waals surface area (Å²) in [6, 6.07) is 10.1. The quantitative estimate of drug-likeness (QED) is 0.412. The van der Waals surface area contributed by atoms with Crippen molar-refractivity contribution in [3.05, 3.63) is 65.6 Å². The number of rotatable bonds is 5. The number of halogens is 3. The molecule has 4 rings (SSSR count). The van der Waals surface area contributed by atoms with E-state index in [9.17, 15) is 23.2 Å². The van der Waals surface area contributed by atoms with E-state index in [1.165, 1.54) is 19.3 Å². The molecular weight excluding hydrogens is 435 g/mol. The Balaban J connectivity index is 1.63. The average Bonchev–Trinajstić information content (AvgIpc) is 3.20. The van der Waals surface area contributed by atoms with Gasteiger partial charge in [-0.05, 0) is 23.8 Å². The summed E-state index contributed by atoms with van der Waals surface area (Å²) in [6.45, 7) is 1.77. The number of anilines is 2. The maximum Gasteiger partial charge on any atom is 0.417 e. The molecule has 1 amide bonds. The summed E-state index contributed by atoms with van der Waals surface area (Å²) < 4.78 is 39.5. The summed E-state index contributed by atoms with van der Waals surface area (Å²) >= 11 is 0. The van der Waals surface area contributed by atoms with Gasteiger partial charge in [0.25, 0.3) is 0 Å². The summed E-state index contributed by atoms with van der Waals surface area (Å²) in [6.07, 6.45) is -1.03. The van der Waals surface area contributed by atoms with Crippen LogP contribution in [0.25, 0.3) is 22.3 Å². The lowest BCUT2D eigenvalue weighted by molar-refractivity contribution is -0.137. The van der Waals surface area contributed by atoms with Crippen LogP contribution in [-0.4, -0.2) is 25.8 Å². The third kappa shape index (κ3) is 4.74. The SMILES string of the molecule is CC(=O)Nc1ccc(CNc2ncc(C#N)c(-c3c[nH]c4ncc(C(F)(F)F)cc34)n2)cc1. The predicted molar refractivity (Wildman–Crippen MR) is 115 cm³/mol. The molecule has 0 saturated carbocycles. The van der Waals surface area contributed by atoms with Crippen LogP contribution in [0.2, 0.25) is 0 Å². The van der Waals surface area contributed by atoms with Crippen LogP contribution in [0.3, 0.4) is 0 Å². The molecule has 33 heavy (non-hydrogen) atoms. The number of pyridine rings is 1. The fraction of sp³-hybridized carbons (Fsp3) is 0.136. The van der Waals surface area contributed by atoms with Crippen molar-refractivity contribution in [3.8, 4) is 17.3 Å². The number of hydrogen-bond donors (Lipinski definition) is 3. The topological polar surface area (TPSA) is 119 Å². The molecule has 0 aliphatic carbocycles. The Morgan fingerprint density at radius 1 is 1.18 bits per heavy atom. The maximum atomic E-state index is 13.2. The first kappa shape index (κ1) is 21.8. The molecule has 11 heteroatoms. The first-order chi connectivity index (χ1) is 15.7. The van der Waals surface area contributed by atoms with E-state index in [-0.39, 0.29) is 34.1 Å². The number of carbonyl (C=O) groups excluding carboxylic acids is 1. The van der Waals surface area contributed by atoms with Crippen LogP contribution in [0.1, 0.15) is 23.6 Å². The number of H-pyrrole nitrogens is 1. The molecule has 0 aliphatic heterocycles. The van der Waals surface area contributed by atoms with Crippen LogP contribution in [0.4, 0.5) is 24.8 Å². The van der Waals surface area contributed by atoms with Crippen molar-refractivity contribution in [2.75, 3.05) is 10.6 Å². The molecule has 0 bridgehead atoms. The molecule has 3 N–H and O–H groups in total. The molecule has 0 spiro atoms. The molecule has 166 valence electrons. The van der Waals surface area contributed by atoms with E-state index >= 15 is 0 Å². The number of amides is 1. The van der Waals surface area contributed by atoms with Gasteiger partial charge in [-0.2, -0.15) is 18.4 Å². The van der Waals surface area contributed by atoms with Gasteiger partial charge >= 0.3 is 6.18 Å². The molecule has 3 heterocycles. The van der Waals surface area contributed by atoms with Crippen LogP contribution in [0, 0.1) is 11.3 Å². The maximum absolute atomic E-state index is 13.2. The first-order valence-corrected chi connectivity index (χ1v) is 9.67. The van der Waals surface area contributed by atoms with E-state index in [1.54, 1.807) is 12.1 Å². The zero-order chi connectivity index (χ0) is 23.6. The fourth-order valence-corrected chi connectivity index (χ4v) is 3.20. The van der Waals surface area contributed by atoms with Gasteiger partial charge in [-0.3, -0.25) is 4.79 Å².